The smallest absolute Gasteiger partial charge is 0.152 e. The van der Waals surface area contributed by atoms with Crippen LogP contribution in [0, 0.1) is 0 Å². The maximum absolute atomic E-state index is 10.3. The van der Waals surface area contributed by atoms with Gasteiger partial charge in [-0.2, -0.15) is 0 Å². The normalized spacial score (nSPS) is 9.80. The van der Waals surface area contributed by atoms with E-state index in [1.54, 1.807) is 0 Å². The summed E-state index contributed by atoms with van der Waals surface area (Å²) in [7, 11) is 0. The van der Waals surface area contributed by atoms with Crippen LogP contribution in [0.25, 0.3) is 0 Å². The Bertz CT molecular complexity index is 242. The Labute approximate surface area is 68.6 Å². The fourth-order valence-electron chi connectivity index (χ4n) is 0.688. The molecule has 0 bridgehead atoms. The van der Waals surface area contributed by atoms with Gasteiger partial charge in [0.2, 0.25) is 0 Å². The lowest BCUT2D eigenvalue weighted by Gasteiger charge is -1.79. The van der Waals surface area contributed by atoms with Crippen LogP contribution in [0.1, 0.15) is 22.2 Å². The molecule has 10 heavy (non-hydrogen) atoms. The molecule has 0 atom stereocenters. The number of halogens is 1. The van der Waals surface area contributed by atoms with Crippen LogP contribution in [0.3, 0.4) is 0 Å². The number of carbonyl (C=O) groups excluding carboxylic acids is 1. The predicted octanol–water partition coefficient (Wildman–Crippen LogP) is 2.78. The number of aryl methyl sites for hydroxylation is 1. The van der Waals surface area contributed by atoms with E-state index in [0.717, 1.165) is 17.6 Å². The Hall–Kier alpha value is -0.340. The van der Waals surface area contributed by atoms with Crippen LogP contribution in [0.2, 0.25) is 4.34 Å². The van der Waals surface area contributed by atoms with Crippen LogP contribution in [-0.4, -0.2) is 6.29 Å². The van der Waals surface area contributed by atoms with E-state index in [9.17, 15) is 4.79 Å². The van der Waals surface area contributed by atoms with Gasteiger partial charge >= 0.3 is 0 Å². The summed E-state index contributed by atoms with van der Waals surface area (Å²) >= 11 is 7.18. The van der Waals surface area contributed by atoms with Crippen molar-refractivity contribution >= 4 is 29.2 Å². The number of hydrogen-bond donors (Lipinski definition) is 0. The number of carbonyl (C=O) groups is 1. The Morgan fingerprint density at radius 2 is 2.50 bits per heavy atom. The first kappa shape index (κ1) is 7.76. The molecule has 1 heterocycles. The first-order valence-corrected chi connectivity index (χ1v) is 4.20. The summed E-state index contributed by atoms with van der Waals surface area (Å²) in [5.41, 5.74) is 0.614. The molecule has 3 heteroatoms. The second-order valence-corrected chi connectivity index (χ2v) is 3.65. The lowest BCUT2D eigenvalue weighted by Crippen LogP contribution is -1.72. The van der Waals surface area contributed by atoms with Crippen LogP contribution < -0.4 is 0 Å². The number of thiophene rings is 1. The topological polar surface area (TPSA) is 17.1 Å². The van der Waals surface area contributed by atoms with E-state index in [4.69, 9.17) is 11.6 Å². The minimum atomic E-state index is 0.604. The summed E-state index contributed by atoms with van der Waals surface area (Å²) in [4.78, 5) is 11.4. The van der Waals surface area contributed by atoms with Gasteiger partial charge in [0.05, 0.1) is 0 Å². The molecule has 0 saturated heterocycles. The van der Waals surface area contributed by atoms with E-state index in [-0.39, 0.29) is 0 Å². The highest BCUT2D eigenvalue weighted by atomic mass is 35.5. The van der Waals surface area contributed by atoms with Crippen LogP contribution in [0.5, 0.6) is 0 Å². The first-order chi connectivity index (χ1) is 4.77. The maximum atomic E-state index is 10.3. The molecule has 0 N–H and O–H groups in total. The second kappa shape index (κ2) is 3.17. The third-order valence-corrected chi connectivity index (χ3v) is 2.77. The molecule has 1 aromatic heterocycles. The summed E-state index contributed by atoms with van der Waals surface area (Å²) in [6, 6.07) is 1.83. The van der Waals surface area contributed by atoms with E-state index in [0.29, 0.717) is 9.90 Å². The molecule has 0 aromatic carbocycles. The van der Waals surface area contributed by atoms with Gasteiger partial charge in [-0.3, -0.25) is 4.79 Å². The molecule has 0 aliphatic rings. The monoisotopic (exact) mass is 174 g/mol. The Morgan fingerprint density at radius 3 is 2.80 bits per heavy atom. The molecule has 54 valence electrons. The van der Waals surface area contributed by atoms with Gasteiger partial charge < -0.3 is 0 Å². The molecule has 0 amide bonds. The highest BCUT2D eigenvalue weighted by Crippen LogP contribution is 2.26. The zero-order valence-corrected chi connectivity index (χ0v) is 7.13. The average Bonchev–Trinajstić information content (AvgIpc) is 2.30. The number of aldehydes is 1. The average molecular weight is 175 g/mol. The van der Waals surface area contributed by atoms with Gasteiger partial charge in [-0.05, 0) is 12.5 Å². The van der Waals surface area contributed by atoms with Gasteiger partial charge in [0.1, 0.15) is 4.34 Å². The van der Waals surface area contributed by atoms with Gasteiger partial charge in [0.25, 0.3) is 0 Å². The highest BCUT2D eigenvalue weighted by molar-refractivity contribution is 7.16. The molecule has 0 unspecified atom stereocenters. The van der Waals surface area contributed by atoms with Gasteiger partial charge in [0, 0.05) is 10.4 Å². The van der Waals surface area contributed by atoms with Crippen LogP contribution in [0.15, 0.2) is 6.07 Å². The van der Waals surface area contributed by atoms with Crippen molar-refractivity contribution in [3.05, 3.63) is 20.8 Å². The number of rotatable bonds is 2. The molecule has 0 aliphatic heterocycles. The van der Waals surface area contributed by atoms with E-state index >= 15 is 0 Å². The Morgan fingerprint density at radius 1 is 1.80 bits per heavy atom. The van der Waals surface area contributed by atoms with Crippen molar-refractivity contribution in [2.75, 3.05) is 0 Å². The molecular formula is C7H7ClOS. The standard InChI is InChI=1S/C7H7ClOS/c1-2-6-3-5(4-9)7(8)10-6/h3-4H,2H2,1H3. The molecular weight excluding hydrogens is 168 g/mol. The van der Waals surface area contributed by atoms with Crippen LogP contribution in [-0.2, 0) is 6.42 Å². The van der Waals surface area contributed by atoms with E-state index in [2.05, 4.69) is 0 Å². The van der Waals surface area contributed by atoms with Gasteiger partial charge in [-0.15, -0.1) is 11.3 Å². The summed E-state index contributed by atoms with van der Waals surface area (Å²) in [6.45, 7) is 2.04. The minimum Gasteiger partial charge on any atom is -0.298 e. The Kier molecular flexibility index (Phi) is 2.46. The lowest BCUT2D eigenvalue weighted by molar-refractivity contribution is 0.112. The van der Waals surface area contributed by atoms with Crippen molar-refractivity contribution in [2.24, 2.45) is 0 Å². The fraction of sp³-hybridized carbons (Fsp3) is 0.286. The van der Waals surface area contributed by atoms with Crippen LogP contribution in [0.4, 0.5) is 0 Å². The van der Waals surface area contributed by atoms with Crippen molar-refractivity contribution in [3.63, 3.8) is 0 Å². The van der Waals surface area contributed by atoms with E-state index in [1.165, 1.54) is 11.3 Å². The third-order valence-electron chi connectivity index (χ3n) is 1.24. The molecule has 0 saturated carbocycles. The molecule has 1 nitrogen and oxygen atoms in total. The molecule has 1 rings (SSSR count). The first-order valence-electron chi connectivity index (χ1n) is 3.01. The van der Waals surface area contributed by atoms with Gasteiger partial charge in [-0.25, -0.2) is 0 Å². The van der Waals surface area contributed by atoms with Gasteiger partial charge in [0.15, 0.2) is 6.29 Å². The molecule has 0 spiro atoms. The van der Waals surface area contributed by atoms with Crippen molar-refractivity contribution in [3.8, 4) is 0 Å². The molecule has 0 fully saturated rings. The van der Waals surface area contributed by atoms with Crippen molar-refractivity contribution in [1.82, 2.24) is 0 Å². The summed E-state index contributed by atoms with van der Waals surface area (Å²) in [6.07, 6.45) is 1.73. The zero-order valence-electron chi connectivity index (χ0n) is 5.56. The van der Waals surface area contributed by atoms with E-state index < -0.39 is 0 Å². The quantitative estimate of drug-likeness (QED) is 0.631. The Balaban J connectivity index is 3.03. The SMILES string of the molecule is CCc1cc(C=O)c(Cl)s1. The minimum absolute atomic E-state index is 0.604. The number of hydrogen-bond acceptors (Lipinski definition) is 2. The highest BCUT2D eigenvalue weighted by Gasteiger charge is 2.03. The fourth-order valence-corrected chi connectivity index (χ4v) is 1.87. The molecule has 0 aliphatic carbocycles. The molecule has 0 radical (unpaired) electrons. The summed E-state index contributed by atoms with van der Waals surface area (Å²) in [5.74, 6) is 0. The maximum Gasteiger partial charge on any atom is 0.152 e. The molecule has 1 aromatic rings. The largest absolute Gasteiger partial charge is 0.298 e. The second-order valence-electron chi connectivity index (χ2n) is 1.91. The summed E-state index contributed by atoms with van der Waals surface area (Å²) < 4.78 is 0.604. The third kappa shape index (κ3) is 1.39. The van der Waals surface area contributed by atoms with Crippen molar-refractivity contribution in [1.29, 1.82) is 0 Å². The van der Waals surface area contributed by atoms with Crippen molar-refractivity contribution in [2.45, 2.75) is 13.3 Å². The summed E-state index contributed by atoms with van der Waals surface area (Å²) in [5, 5.41) is 0. The van der Waals surface area contributed by atoms with E-state index in [1.807, 2.05) is 13.0 Å². The van der Waals surface area contributed by atoms with Crippen molar-refractivity contribution < 1.29 is 4.79 Å². The zero-order chi connectivity index (χ0) is 7.56. The lowest BCUT2D eigenvalue weighted by atomic mass is 10.3. The van der Waals surface area contributed by atoms with Crippen LogP contribution >= 0.6 is 22.9 Å². The van der Waals surface area contributed by atoms with Gasteiger partial charge in [-0.1, -0.05) is 18.5 Å². The predicted molar refractivity (Wildman–Crippen MR) is 44.1 cm³/mol.